The molecule has 0 bridgehead atoms. The van der Waals surface area contributed by atoms with Crippen molar-refractivity contribution < 1.29 is 14.4 Å². The minimum Gasteiger partial charge on any atom is -0.343 e. The molecule has 0 atom stereocenters. The molecule has 1 aromatic carbocycles. The first kappa shape index (κ1) is 20.3. The summed E-state index contributed by atoms with van der Waals surface area (Å²) in [5.41, 5.74) is 3.45. The monoisotopic (exact) mass is 379 g/mol. The van der Waals surface area contributed by atoms with Crippen LogP contribution in [0.4, 0.5) is 0 Å². The van der Waals surface area contributed by atoms with E-state index in [1.165, 1.54) is 0 Å². The van der Waals surface area contributed by atoms with Crippen LogP contribution >= 0.6 is 0 Å². The van der Waals surface area contributed by atoms with E-state index in [2.05, 4.69) is 11.8 Å². The average Bonchev–Trinajstić information content (AvgIpc) is 2.63. The number of aryl methyl sites for hydroxylation is 2. The normalized spacial score (nSPS) is 19.5. The van der Waals surface area contributed by atoms with Gasteiger partial charge in [-0.15, -0.1) is 5.92 Å². The zero-order valence-corrected chi connectivity index (χ0v) is 17.4. The maximum absolute atomic E-state index is 13.1. The van der Waals surface area contributed by atoms with Crippen LogP contribution in [0.25, 0.3) is 0 Å². The number of carbonyl (C=O) groups is 3. The van der Waals surface area contributed by atoms with Gasteiger partial charge in [0.05, 0.1) is 0 Å². The number of ketones is 2. The number of piperidine rings is 1. The lowest BCUT2D eigenvalue weighted by Crippen LogP contribution is -2.48. The van der Waals surface area contributed by atoms with Crippen LogP contribution in [0.5, 0.6) is 0 Å². The van der Waals surface area contributed by atoms with Gasteiger partial charge in [0.2, 0.25) is 5.91 Å². The van der Waals surface area contributed by atoms with Crippen molar-refractivity contribution in [1.82, 2.24) is 4.90 Å². The van der Waals surface area contributed by atoms with Gasteiger partial charge in [0.1, 0.15) is 17.5 Å². The largest absolute Gasteiger partial charge is 0.343 e. The molecule has 1 aliphatic carbocycles. The third-order valence-electron chi connectivity index (χ3n) is 6.37. The molecule has 3 rings (SSSR count). The number of carbonyl (C=O) groups excluding carboxylic acids is 3. The molecule has 0 N–H and O–H groups in total. The van der Waals surface area contributed by atoms with Crippen LogP contribution in [-0.4, -0.2) is 35.5 Å². The van der Waals surface area contributed by atoms with Crippen molar-refractivity contribution in [2.24, 2.45) is 5.41 Å². The van der Waals surface area contributed by atoms with Crippen LogP contribution in [0.15, 0.2) is 12.1 Å². The van der Waals surface area contributed by atoms with Gasteiger partial charge in [0.25, 0.3) is 0 Å². The summed E-state index contributed by atoms with van der Waals surface area (Å²) in [5.74, 6) is 5.53. The van der Waals surface area contributed by atoms with Gasteiger partial charge >= 0.3 is 0 Å². The molecule has 0 unspecified atom stereocenters. The molecule has 2 fully saturated rings. The van der Waals surface area contributed by atoms with E-state index in [4.69, 9.17) is 0 Å². The van der Waals surface area contributed by atoms with E-state index < -0.39 is 5.92 Å². The predicted octanol–water partition coefficient (Wildman–Crippen LogP) is 3.71. The highest BCUT2D eigenvalue weighted by Gasteiger charge is 2.47. The second-order valence-electron chi connectivity index (χ2n) is 8.35. The van der Waals surface area contributed by atoms with E-state index in [0.717, 1.165) is 35.1 Å². The fourth-order valence-electron chi connectivity index (χ4n) is 4.96. The standard InChI is InChI=1S/C24H29NO3/c1-5-7-18-12-16(3)22(17(4)13-18)23-19(26)14-24(15-20(23)27)8-10-25(11-9-24)21(28)6-2/h12-13,23H,6,8-11,14-15H2,1-4H3. The molecule has 0 aromatic heterocycles. The highest BCUT2D eigenvalue weighted by atomic mass is 16.2. The number of amides is 1. The Kier molecular flexibility index (Phi) is 5.74. The van der Waals surface area contributed by atoms with Gasteiger partial charge in [-0.1, -0.05) is 12.8 Å². The lowest BCUT2D eigenvalue weighted by Gasteiger charge is -2.44. The summed E-state index contributed by atoms with van der Waals surface area (Å²) in [5, 5.41) is 0. The lowest BCUT2D eigenvalue weighted by atomic mass is 9.62. The zero-order chi connectivity index (χ0) is 20.5. The smallest absolute Gasteiger partial charge is 0.222 e. The molecule has 4 nitrogen and oxygen atoms in total. The first-order valence-electron chi connectivity index (χ1n) is 10.2. The molecule has 0 radical (unpaired) electrons. The molecule has 1 saturated carbocycles. The SMILES string of the molecule is CC#Cc1cc(C)c(C2C(=O)CC3(CCN(C(=O)CC)CC3)CC2=O)c(C)c1. The molecule has 1 saturated heterocycles. The number of likely N-dealkylation sites (tertiary alicyclic amines) is 1. The van der Waals surface area contributed by atoms with Crippen molar-refractivity contribution in [3.8, 4) is 11.8 Å². The molecule has 1 aliphatic heterocycles. The van der Waals surface area contributed by atoms with Crippen LogP contribution in [0, 0.1) is 31.1 Å². The van der Waals surface area contributed by atoms with Gasteiger partial charge < -0.3 is 4.90 Å². The summed E-state index contributed by atoms with van der Waals surface area (Å²) in [6.45, 7) is 8.89. The minimum absolute atomic E-state index is 0.0343. The fourth-order valence-corrected chi connectivity index (χ4v) is 4.96. The molecule has 148 valence electrons. The highest BCUT2D eigenvalue weighted by Crippen LogP contribution is 2.46. The third kappa shape index (κ3) is 3.76. The molecule has 4 heteroatoms. The Hall–Kier alpha value is -2.41. The molecule has 2 aliphatic rings. The third-order valence-corrected chi connectivity index (χ3v) is 6.37. The summed E-state index contributed by atoms with van der Waals surface area (Å²) < 4.78 is 0. The number of rotatable bonds is 2. The fraction of sp³-hybridized carbons (Fsp3) is 0.542. The molecule has 1 aromatic rings. The molecule has 1 spiro atoms. The van der Waals surface area contributed by atoms with Crippen LogP contribution in [0.1, 0.15) is 74.1 Å². The van der Waals surface area contributed by atoms with E-state index in [0.29, 0.717) is 32.4 Å². The number of hydrogen-bond donors (Lipinski definition) is 0. The van der Waals surface area contributed by atoms with Crippen LogP contribution < -0.4 is 0 Å². The molecular weight excluding hydrogens is 350 g/mol. The second-order valence-corrected chi connectivity index (χ2v) is 8.35. The highest BCUT2D eigenvalue weighted by molar-refractivity contribution is 6.10. The van der Waals surface area contributed by atoms with Gasteiger partial charge in [-0.05, 0) is 67.9 Å². The van der Waals surface area contributed by atoms with Crippen LogP contribution in [0.3, 0.4) is 0 Å². The summed E-state index contributed by atoms with van der Waals surface area (Å²) in [6, 6.07) is 3.94. The predicted molar refractivity (Wildman–Crippen MR) is 109 cm³/mol. The molecule has 1 heterocycles. The number of benzene rings is 1. The van der Waals surface area contributed by atoms with Crippen molar-refractivity contribution in [3.05, 3.63) is 34.4 Å². The van der Waals surface area contributed by atoms with E-state index >= 15 is 0 Å². The first-order valence-corrected chi connectivity index (χ1v) is 10.2. The van der Waals surface area contributed by atoms with E-state index in [1.807, 2.05) is 37.8 Å². The Balaban J connectivity index is 1.82. The van der Waals surface area contributed by atoms with Crippen molar-refractivity contribution >= 4 is 17.5 Å². The maximum Gasteiger partial charge on any atom is 0.222 e. The first-order chi connectivity index (χ1) is 13.3. The Labute approximate surface area is 167 Å². The molecule has 28 heavy (non-hydrogen) atoms. The van der Waals surface area contributed by atoms with Gasteiger partial charge in [-0.3, -0.25) is 14.4 Å². The van der Waals surface area contributed by atoms with Crippen molar-refractivity contribution in [1.29, 1.82) is 0 Å². The van der Waals surface area contributed by atoms with E-state index in [-0.39, 0.29) is 22.9 Å². The van der Waals surface area contributed by atoms with Crippen molar-refractivity contribution in [2.45, 2.75) is 65.7 Å². The maximum atomic E-state index is 13.1. The average molecular weight is 380 g/mol. The summed E-state index contributed by atoms with van der Waals surface area (Å²) in [6.07, 6.45) is 2.86. The van der Waals surface area contributed by atoms with Gasteiger partial charge in [0, 0.05) is 37.9 Å². The van der Waals surface area contributed by atoms with Crippen LogP contribution in [0.2, 0.25) is 0 Å². The topological polar surface area (TPSA) is 54.5 Å². The summed E-state index contributed by atoms with van der Waals surface area (Å²) in [7, 11) is 0. The lowest BCUT2D eigenvalue weighted by molar-refractivity contribution is -0.140. The Morgan fingerprint density at radius 2 is 1.64 bits per heavy atom. The molecular formula is C24H29NO3. The van der Waals surface area contributed by atoms with Gasteiger partial charge in [-0.25, -0.2) is 0 Å². The Morgan fingerprint density at radius 1 is 1.11 bits per heavy atom. The Morgan fingerprint density at radius 3 is 2.11 bits per heavy atom. The molecule has 1 amide bonds. The van der Waals surface area contributed by atoms with Crippen molar-refractivity contribution in [2.75, 3.05) is 13.1 Å². The Bertz CT molecular complexity index is 836. The quantitative estimate of drug-likeness (QED) is 0.581. The number of Topliss-reactive ketones (excluding diaryl/α,β-unsaturated/α-hetero) is 2. The van der Waals surface area contributed by atoms with E-state index in [9.17, 15) is 14.4 Å². The van der Waals surface area contributed by atoms with Gasteiger partial charge in [0.15, 0.2) is 0 Å². The van der Waals surface area contributed by atoms with E-state index in [1.54, 1.807) is 6.92 Å². The van der Waals surface area contributed by atoms with Gasteiger partial charge in [-0.2, -0.15) is 0 Å². The summed E-state index contributed by atoms with van der Waals surface area (Å²) in [4.78, 5) is 40.1. The number of hydrogen-bond acceptors (Lipinski definition) is 3. The van der Waals surface area contributed by atoms with Crippen LogP contribution in [-0.2, 0) is 14.4 Å². The summed E-state index contributed by atoms with van der Waals surface area (Å²) >= 11 is 0. The zero-order valence-electron chi connectivity index (χ0n) is 17.4. The van der Waals surface area contributed by atoms with Crippen molar-refractivity contribution in [3.63, 3.8) is 0 Å². The number of nitrogens with zero attached hydrogens (tertiary/aromatic N) is 1. The minimum atomic E-state index is -0.649. The second kappa shape index (κ2) is 7.91.